The van der Waals surface area contributed by atoms with E-state index in [0.29, 0.717) is 21.7 Å². The lowest BCUT2D eigenvalue weighted by atomic mass is 10.0. The number of carbonyl (C=O) groups is 1. The molecular weight excluding hydrogens is 344 g/mol. The minimum Gasteiger partial charge on any atom is -0.493 e. The highest BCUT2D eigenvalue weighted by Crippen LogP contribution is 2.39. The number of ether oxygens (including phenoxy) is 2. The van der Waals surface area contributed by atoms with Gasteiger partial charge in [0.2, 0.25) is 0 Å². The first-order chi connectivity index (χ1) is 12.0. The van der Waals surface area contributed by atoms with E-state index in [2.05, 4.69) is 4.98 Å². The van der Waals surface area contributed by atoms with Crippen molar-refractivity contribution in [3.8, 4) is 22.6 Å². The summed E-state index contributed by atoms with van der Waals surface area (Å²) < 4.78 is 11.7. The molecule has 0 fully saturated rings. The van der Waals surface area contributed by atoms with Crippen LogP contribution in [-0.4, -0.2) is 34.8 Å². The van der Waals surface area contributed by atoms with Crippen molar-refractivity contribution in [3.63, 3.8) is 0 Å². The van der Waals surface area contributed by atoms with E-state index in [1.165, 1.54) is 17.7 Å². The summed E-state index contributed by atoms with van der Waals surface area (Å²) in [5.74, 6) is 0.0428. The smallest absolute Gasteiger partial charge is 0.323 e. The van der Waals surface area contributed by atoms with Crippen LogP contribution in [0.15, 0.2) is 29.3 Å². The Bertz CT molecular complexity index is 1020. The average Bonchev–Trinajstić information content (AvgIpc) is 2.93. The molecule has 0 unspecified atom stereocenters. The molecule has 0 atom stereocenters. The van der Waals surface area contributed by atoms with E-state index in [9.17, 15) is 9.59 Å². The van der Waals surface area contributed by atoms with Gasteiger partial charge in [-0.2, -0.15) is 0 Å². The fourth-order valence-electron chi connectivity index (χ4n) is 2.74. The molecule has 25 heavy (non-hydrogen) atoms. The largest absolute Gasteiger partial charge is 0.493 e. The molecule has 0 aliphatic heterocycles. The SMILES string of the molecule is COc1ccc(-c2c(C)sc3ncn(CC(=O)O)c(=O)c23)cc1OC. The summed E-state index contributed by atoms with van der Waals surface area (Å²) in [5.41, 5.74) is 1.15. The number of fused-ring (bicyclic) bond motifs is 1. The molecule has 8 heteroatoms. The van der Waals surface area contributed by atoms with Crippen molar-refractivity contribution >= 4 is 27.5 Å². The number of aromatic nitrogens is 2. The third kappa shape index (κ3) is 2.96. The lowest BCUT2D eigenvalue weighted by molar-refractivity contribution is -0.137. The minimum atomic E-state index is -1.09. The highest BCUT2D eigenvalue weighted by molar-refractivity contribution is 7.19. The van der Waals surface area contributed by atoms with E-state index >= 15 is 0 Å². The molecule has 0 bridgehead atoms. The molecule has 0 aliphatic carbocycles. The topological polar surface area (TPSA) is 90.7 Å². The second kappa shape index (κ2) is 6.56. The molecule has 3 aromatic rings. The number of rotatable bonds is 5. The Morgan fingerprint density at radius 2 is 2.00 bits per heavy atom. The summed E-state index contributed by atoms with van der Waals surface area (Å²) in [5, 5.41) is 9.38. The highest BCUT2D eigenvalue weighted by atomic mass is 32.1. The van der Waals surface area contributed by atoms with Gasteiger partial charge in [-0.3, -0.25) is 14.2 Å². The van der Waals surface area contributed by atoms with Gasteiger partial charge in [0.1, 0.15) is 11.4 Å². The van der Waals surface area contributed by atoms with E-state index in [1.54, 1.807) is 26.4 Å². The van der Waals surface area contributed by atoms with Crippen LogP contribution in [-0.2, 0) is 11.3 Å². The summed E-state index contributed by atoms with van der Waals surface area (Å²) >= 11 is 1.39. The molecule has 1 aromatic carbocycles. The van der Waals surface area contributed by atoms with Gasteiger partial charge < -0.3 is 14.6 Å². The number of hydrogen-bond donors (Lipinski definition) is 1. The van der Waals surface area contributed by atoms with Crippen molar-refractivity contribution in [2.45, 2.75) is 13.5 Å². The zero-order valence-corrected chi connectivity index (χ0v) is 14.7. The predicted molar refractivity (Wildman–Crippen MR) is 94.8 cm³/mol. The maximum absolute atomic E-state index is 12.8. The second-order valence-corrected chi connectivity index (χ2v) is 6.56. The Morgan fingerprint density at radius 3 is 2.64 bits per heavy atom. The fourth-order valence-corrected chi connectivity index (χ4v) is 3.74. The first-order valence-electron chi connectivity index (χ1n) is 7.39. The minimum absolute atomic E-state index is 0.374. The van der Waals surface area contributed by atoms with Gasteiger partial charge in [-0.15, -0.1) is 11.3 Å². The molecule has 130 valence electrons. The number of carboxylic acid groups (broad SMARTS) is 1. The summed E-state index contributed by atoms with van der Waals surface area (Å²) in [6.45, 7) is 1.47. The number of methoxy groups -OCH3 is 2. The van der Waals surface area contributed by atoms with Crippen LogP contribution in [0, 0.1) is 6.92 Å². The summed E-state index contributed by atoms with van der Waals surface area (Å²) in [7, 11) is 3.10. The molecule has 0 saturated heterocycles. The summed E-state index contributed by atoms with van der Waals surface area (Å²) in [6.07, 6.45) is 1.27. The maximum atomic E-state index is 12.8. The Morgan fingerprint density at radius 1 is 1.28 bits per heavy atom. The van der Waals surface area contributed by atoms with E-state index < -0.39 is 12.5 Å². The number of benzene rings is 1. The molecule has 0 aliphatic rings. The van der Waals surface area contributed by atoms with E-state index in [-0.39, 0.29) is 5.56 Å². The second-order valence-electron chi connectivity index (χ2n) is 5.35. The normalized spacial score (nSPS) is 10.8. The zero-order valence-electron chi connectivity index (χ0n) is 13.9. The lowest BCUT2D eigenvalue weighted by Crippen LogP contribution is -2.24. The van der Waals surface area contributed by atoms with E-state index in [0.717, 1.165) is 20.6 Å². The first kappa shape index (κ1) is 17.0. The zero-order chi connectivity index (χ0) is 18.1. The molecule has 7 nitrogen and oxygen atoms in total. The number of carboxylic acids is 1. The van der Waals surface area contributed by atoms with Crippen LogP contribution in [0.4, 0.5) is 0 Å². The molecule has 3 rings (SSSR count). The number of thiophene rings is 1. The van der Waals surface area contributed by atoms with Crippen molar-refractivity contribution in [1.29, 1.82) is 0 Å². The van der Waals surface area contributed by atoms with Crippen molar-refractivity contribution in [2.75, 3.05) is 14.2 Å². The number of hydrogen-bond acceptors (Lipinski definition) is 6. The Balaban J connectivity index is 2.27. The van der Waals surface area contributed by atoms with Gasteiger partial charge in [0.15, 0.2) is 11.5 Å². The van der Waals surface area contributed by atoms with Crippen LogP contribution in [0.25, 0.3) is 21.3 Å². The van der Waals surface area contributed by atoms with Gasteiger partial charge in [-0.25, -0.2) is 4.98 Å². The Hall–Kier alpha value is -2.87. The third-order valence-electron chi connectivity index (χ3n) is 3.83. The standard InChI is InChI=1S/C17H16N2O5S/c1-9-14(10-4-5-11(23-2)12(6-10)24-3)15-16(25-9)18-8-19(17(15)22)7-13(20)21/h4-6,8H,7H2,1-3H3,(H,20,21). The van der Waals surface area contributed by atoms with Crippen LogP contribution in [0.5, 0.6) is 11.5 Å². The monoisotopic (exact) mass is 360 g/mol. The fraction of sp³-hybridized carbons (Fsp3) is 0.235. The summed E-state index contributed by atoms with van der Waals surface area (Å²) in [4.78, 5) is 29.5. The van der Waals surface area contributed by atoms with E-state index in [4.69, 9.17) is 14.6 Å². The molecule has 0 saturated carbocycles. The van der Waals surface area contributed by atoms with Crippen molar-refractivity contribution in [1.82, 2.24) is 9.55 Å². The van der Waals surface area contributed by atoms with Gasteiger partial charge in [0, 0.05) is 10.4 Å². The maximum Gasteiger partial charge on any atom is 0.323 e. The van der Waals surface area contributed by atoms with Gasteiger partial charge in [0.05, 0.1) is 25.9 Å². The molecule has 2 heterocycles. The Labute approximate surface area is 147 Å². The van der Waals surface area contributed by atoms with Gasteiger partial charge in [0.25, 0.3) is 5.56 Å². The first-order valence-corrected chi connectivity index (χ1v) is 8.20. The van der Waals surface area contributed by atoms with Crippen molar-refractivity contribution < 1.29 is 19.4 Å². The molecule has 1 N–H and O–H groups in total. The number of aryl methyl sites for hydroxylation is 1. The van der Waals surface area contributed by atoms with E-state index in [1.807, 2.05) is 13.0 Å². The molecule has 0 radical (unpaired) electrons. The number of aliphatic carboxylic acids is 1. The van der Waals surface area contributed by atoms with Gasteiger partial charge >= 0.3 is 5.97 Å². The number of nitrogens with zero attached hydrogens (tertiary/aromatic N) is 2. The molecule has 2 aromatic heterocycles. The molecular formula is C17H16N2O5S. The van der Waals surface area contributed by atoms with Crippen LogP contribution in [0.3, 0.4) is 0 Å². The van der Waals surface area contributed by atoms with Crippen LogP contribution in [0.1, 0.15) is 4.88 Å². The third-order valence-corrected chi connectivity index (χ3v) is 4.85. The quantitative estimate of drug-likeness (QED) is 0.752. The average molecular weight is 360 g/mol. The highest BCUT2D eigenvalue weighted by Gasteiger charge is 2.19. The van der Waals surface area contributed by atoms with Crippen LogP contribution in [0.2, 0.25) is 0 Å². The lowest BCUT2D eigenvalue weighted by Gasteiger charge is -2.10. The van der Waals surface area contributed by atoms with Gasteiger partial charge in [-0.1, -0.05) is 6.07 Å². The molecule has 0 spiro atoms. The molecule has 0 amide bonds. The predicted octanol–water partition coefficient (Wildman–Crippen LogP) is 2.54. The van der Waals surface area contributed by atoms with Crippen molar-refractivity contribution in [2.24, 2.45) is 0 Å². The summed E-state index contributed by atoms with van der Waals surface area (Å²) in [6, 6.07) is 5.40. The van der Waals surface area contributed by atoms with Crippen molar-refractivity contribution in [3.05, 3.63) is 39.8 Å². The van der Waals surface area contributed by atoms with Gasteiger partial charge in [-0.05, 0) is 24.6 Å². The van der Waals surface area contributed by atoms with Crippen LogP contribution < -0.4 is 15.0 Å². The van der Waals surface area contributed by atoms with Crippen LogP contribution >= 0.6 is 11.3 Å². The Kier molecular flexibility index (Phi) is 4.45.